The molecular formula is C34H35F3N6O4. The molecule has 0 bridgehead atoms. The van der Waals surface area contributed by atoms with Crippen LogP contribution in [0.5, 0.6) is 0 Å². The molecule has 47 heavy (non-hydrogen) atoms. The summed E-state index contributed by atoms with van der Waals surface area (Å²) in [5.74, 6) is -3.74. The minimum absolute atomic E-state index is 0.0262. The molecule has 0 aliphatic carbocycles. The Kier molecular flexibility index (Phi) is 10.0. The zero-order valence-corrected chi connectivity index (χ0v) is 26.4. The molecule has 4 aromatic rings. The number of halogens is 3. The number of amides is 3. The summed E-state index contributed by atoms with van der Waals surface area (Å²) in [6.07, 6.45) is 1.42. The predicted octanol–water partition coefficient (Wildman–Crippen LogP) is 4.42. The van der Waals surface area contributed by atoms with E-state index in [4.69, 9.17) is 4.74 Å². The number of likely N-dealkylation sites (tertiary alicyclic amines) is 1. The number of nitrogens with one attached hydrogen (secondary N) is 2. The largest absolute Gasteiger partial charge is 0.378 e. The van der Waals surface area contributed by atoms with Crippen molar-refractivity contribution >= 4 is 17.7 Å². The molecule has 2 N–H and O–H groups in total. The van der Waals surface area contributed by atoms with Crippen molar-refractivity contribution < 1.29 is 32.3 Å². The predicted molar refractivity (Wildman–Crippen MR) is 167 cm³/mol. The Morgan fingerprint density at radius 1 is 1.02 bits per heavy atom. The quantitative estimate of drug-likeness (QED) is 0.249. The van der Waals surface area contributed by atoms with Crippen LogP contribution in [0.1, 0.15) is 63.6 Å². The van der Waals surface area contributed by atoms with Crippen LogP contribution in [-0.2, 0) is 22.5 Å². The van der Waals surface area contributed by atoms with Crippen LogP contribution >= 0.6 is 0 Å². The molecule has 2 aromatic heterocycles. The highest BCUT2D eigenvalue weighted by Crippen LogP contribution is 2.31. The molecule has 2 aromatic carbocycles. The number of nitrogens with zero attached hydrogens (tertiary/aromatic N) is 4. The maximum atomic E-state index is 14.5. The second-order valence-corrected chi connectivity index (χ2v) is 11.6. The molecule has 246 valence electrons. The first-order valence-electron chi connectivity index (χ1n) is 15.1. The second kappa shape index (κ2) is 14.2. The van der Waals surface area contributed by atoms with E-state index in [1.54, 1.807) is 30.2 Å². The average molecular weight is 649 g/mol. The third-order valence-electron chi connectivity index (χ3n) is 8.00. The lowest BCUT2D eigenvalue weighted by Crippen LogP contribution is -2.54. The highest BCUT2D eigenvalue weighted by atomic mass is 19.1. The molecular weight excluding hydrogens is 613 g/mol. The number of ether oxygens (including phenoxy) is 1. The fourth-order valence-corrected chi connectivity index (χ4v) is 5.54. The molecule has 1 aliphatic heterocycles. The van der Waals surface area contributed by atoms with E-state index in [2.05, 4.69) is 20.7 Å². The van der Waals surface area contributed by atoms with Gasteiger partial charge in [-0.2, -0.15) is 5.10 Å². The normalized spacial score (nSPS) is 13.7. The lowest BCUT2D eigenvalue weighted by atomic mass is 9.94. The number of hydrogen-bond acceptors (Lipinski definition) is 6. The van der Waals surface area contributed by atoms with E-state index >= 15 is 0 Å². The lowest BCUT2D eigenvalue weighted by Gasteiger charge is -2.37. The molecule has 13 heteroatoms. The Balaban J connectivity index is 1.47. The van der Waals surface area contributed by atoms with Gasteiger partial charge in [-0.1, -0.05) is 26.0 Å². The monoisotopic (exact) mass is 648 g/mol. The topological polar surface area (TPSA) is 118 Å². The summed E-state index contributed by atoms with van der Waals surface area (Å²) in [6.45, 7) is 4.48. The SMILES string of the molecule is CNC(=O)c1cc(-c2cccnc2[C@H](Cc2cc(F)cc(F)c2)NC(=O)Cn2nc(C(=O)N3CC(OC)C3)cc2C(C)C)ccc1F. The number of rotatable bonds is 11. The van der Waals surface area contributed by atoms with Gasteiger partial charge in [-0.3, -0.25) is 24.0 Å². The molecule has 1 aliphatic rings. The van der Waals surface area contributed by atoms with Gasteiger partial charge < -0.3 is 20.3 Å². The van der Waals surface area contributed by atoms with Crippen molar-refractivity contribution in [2.24, 2.45) is 0 Å². The summed E-state index contributed by atoms with van der Waals surface area (Å²) in [7, 11) is 2.98. The Labute approximate surface area is 269 Å². The summed E-state index contributed by atoms with van der Waals surface area (Å²) in [4.78, 5) is 45.2. The van der Waals surface area contributed by atoms with Crippen LogP contribution in [0.2, 0.25) is 0 Å². The van der Waals surface area contributed by atoms with Crippen molar-refractivity contribution in [2.75, 3.05) is 27.2 Å². The summed E-state index contributed by atoms with van der Waals surface area (Å²) in [5.41, 5.74) is 2.18. The minimum Gasteiger partial charge on any atom is -0.378 e. The number of methoxy groups -OCH3 is 1. The van der Waals surface area contributed by atoms with Gasteiger partial charge in [-0.15, -0.1) is 0 Å². The fraction of sp³-hybridized carbons (Fsp3) is 0.324. The zero-order valence-electron chi connectivity index (χ0n) is 26.4. The van der Waals surface area contributed by atoms with Crippen molar-refractivity contribution in [3.8, 4) is 11.1 Å². The number of benzene rings is 2. The maximum absolute atomic E-state index is 14.5. The second-order valence-electron chi connectivity index (χ2n) is 11.6. The maximum Gasteiger partial charge on any atom is 0.274 e. The summed E-state index contributed by atoms with van der Waals surface area (Å²) in [6, 6.07) is 11.2. The van der Waals surface area contributed by atoms with Gasteiger partial charge in [-0.05, 0) is 59.9 Å². The Hall–Kier alpha value is -5.04. The third-order valence-corrected chi connectivity index (χ3v) is 8.00. The van der Waals surface area contributed by atoms with Gasteiger partial charge in [0.1, 0.15) is 24.0 Å². The highest BCUT2D eigenvalue weighted by Gasteiger charge is 2.33. The first-order chi connectivity index (χ1) is 22.5. The molecule has 5 rings (SSSR count). The standard InChI is InChI=1S/C34H35F3N6O4/c1-19(2)30-15-29(34(46)42-16-24(17-42)47-4)41-43(30)18-31(44)40-28(12-20-10-22(35)14-23(36)11-20)32-25(6-5-9-39-32)21-7-8-27(37)26(13-21)33(45)38-3/h5-11,13-15,19,24,28H,12,16-18H2,1-4H3,(H,38,45)(H,40,44)/t28-/m0/s1. The van der Waals surface area contributed by atoms with Gasteiger partial charge in [0, 0.05) is 50.8 Å². The van der Waals surface area contributed by atoms with Gasteiger partial charge >= 0.3 is 0 Å². The van der Waals surface area contributed by atoms with Gasteiger partial charge in [-0.25, -0.2) is 13.2 Å². The van der Waals surface area contributed by atoms with Crippen molar-refractivity contribution in [3.05, 3.63) is 106 Å². The van der Waals surface area contributed by atoms with Crippen LogP contribution in [0, 0.1) is 17.5 Å². The molecule has 0 spiro atoms. The van der Waals surface area contributed by atoms with E-state index in [1.165, 1.54) is 42.2 Å². The molecule has 1 atom stereocenters. The van der Waals surface area contributed by atoms with E-state index in [0.29, 0.717) is 35.6 Å². The van der Waals surface area contributed by atoms with E-state index in [-0.39, 0.29) is 47.7 Å². The number of carbonyl (C=O) groups is 3. The fourth-order valence-electron chi connectivity index (χ4n) is 5.54. The molecule has 0 radical (unpaired) electrons. The van der Waals surface area contributed by atoms with Crippen LogP contribution in [0.25, 0.3) is 11.1 Å². The Bertz CT molecular complexity index is 1780. The van der Waals surface area contributed by atoms with Gasteiger partial charge in [0.15, 0.2) is 5.69 Å². The van der Waals surface area contributed by atoms with Crippen molar-refractivity contribution in [2.45, 2.75) is 44.9 Å². The van der Waals surface area contributed by atoms with Gasteiger partial charge in [0.25, 0.3) is 11.8 Å². The first-order valence-corrected chi connectivity index (χ1v) is 15.1. The minimum atomic E-state index is -0.917. The van der Waals surface area contributed by atoms with Crippen LogP contribution in [0.4, 0.5) is 13.2 Å². The van der Waals surface area contributed by atoms with Crippen LogP contribution in [0.3, 0.4) is 0 Å². The zero-order chi connectivity index (χ0) is 33.8. The van der Waals surface area contributed by atoms with Crippen LogP contribution in [-0.4, -0.2) is 70.7 Å². The van der Waals surface area contributed by atoms with E-state index < -0.39 is 35.3 Å². The number of hydrogen-bond donors (Lipinski definition) is 2. The first kappa shape index (κ1) is 33.3. The molecule has 1 fully saturated rings. The summed E-state index contributed by atoms with van der Waals surface area (Å²) < 4.78 is 49.7. The molecule has 0 saturated carbocycles. The number of pyridine rings is 1. The van der Waals surface area contributed by atoms with E-state index in [1.807, 2.05) is 13.8 Å². The number of carbonyl (C=O) groups excluding carboxylic acids is 3. The molecule has 1 saturated heterocycles. The highest BCUT2D eigenvalue weighted by molar-refractivity contribution is 5.95. The van der Waals surface area contributed by atoms with Crippen molar-refractivity contribution in [3.63, 3.8) is 0 Å². The van der Waals surface area contributed by atoms with Crippen molar-refractivity contribution in [1.29, 1.82) is 0 Å². The molecule has 3 amide bonds. The Morgan fingerprint density at radius 2 is 1.74 bits per heavy atom. The average Bonchev–Trinajstić information content (AvgIpc) is 3.43. The van der Waals surface area contributed by atoms with E-state index in [0.717, 1.165) is 12.1 Å². The molecule has 3 heterocycles. The van der Waals surface area contributed by atoms with E-state index in [9.17, 15) is 27.6 Å². The molecule has 10 nitrogen and oxygen atoms in total. The van der Waals surface area contributed by atoms with Gasteiger partial charge in [0.05, 0.1) is 23.4 Å². The van der Waals surface area contributed by atoms with Gasteiger partial charge in [0.2, 0.25) is 5.91 Å². The van der Waals surface area contributed by atoms with Crippen LogP contribution < -0.4 is 10.6 Å². The number of aromatic nitrogens is 3. The lowest BCUT2D eigenvalue weighted by molar-refractivity contribution is -0.122. The third kappa shape index (κ3) is 7.51. The molecule has 0 unspecified atom stereocenters. The summed E-state index contributed by atoms with van der Waals surface area (Å²) in [5, 5.41) is 9.79. The smallest absolute Gasteiger partial charge is 0.274 e. The summed E-state index contributed by atoms with van der Waals surface area (Å²) >= 11 is 0. The van der Waals surface area contributed by atoms with Crippen molar-refractivity contribution in [1.82, 2.24) is 30.3 Å². The van der Waals surface area contributed by atoms with Crippen LogP contribution in [0.15, 0.2) is 60.8 Å². The Morgan fingerprint density at radius 3 is 2.40 bits per heavy atom.